The number of rotatable bonds is 9. The summed E-state index contributed by atoms with van der Waals surface area (Å²) in [6, 6.07) is 22.1. The van der Waals surface area contributed by atoms with E-state index in [1.54, 1.807) is 24.3 Å². The molecule has 4 N–H and O–H groups in total. The average molecular weight is 1040 g/mol. The Morgan fingerprint density at radius 1 is 0.672 bits per heavy atom. The summed E-state index contributed by atoms with van der Waals surface area (Å²) < 4.78 is 43.5. The summed E-state index contributed by atoms with van der Waals surface area (Å²) in [6.07, 6.45) is 6.34. The van der Waals surface area contributed by atoms with Crippen LogP contribution in [0.4, 0.5) is 0 Å². The van der Waals surface area contributed by atoms with Gasteiger partial charge in [-0.2, -0.15) is 0 Å². The van der Waals surface area contributed by atoms with Crippen molar-refractivity contribution in [2.75, 3.05) is 34.4 Å². The Kier molecular flexibility index (Phi) is 39.0. The smallest absolute Gasteiger partial charge is 0.870 e. The number of ether oxygens (including phenoxy) is 1. The van der Waals surface area contributed by atoms with Crippen LogP contribution in [0, 0.1) is 0 Å². The van der Waals surface area contributed by atoms with Gasteiger partial charge in [-0.25, -0.2) is 0 Å². The normalized spacial score (nSPS) is 22.2. The molecule has 3 aromatic carbocycles. The second kappa shape index (κ2) is 40.5. The molecule has 0 spiro atoms. The molecule has 0 radical (unpaired) electrons. The van der Waals surface area contributed by atoms with Crippen LogP contribution in [0.2, 0.25) is 16.5 Å². The zero-order valence-corrected chi connectivity index (χ0v) is 45.8. The van der Waals surface area contributed by atoms with Crippen LogP contribution in [0.15, 0.2) is 72.8 Å². The zero-order chi connectivity index (χ0) is 51.0. The molecule has 11 nitrogen and oxygen atoms in total. The van der Waals surface area contributed by atoms with Crippen molar-refractivity contribution in [1.29, 1.82) is 2.35 Å². The number of benzene rings is 3. The van der Waals surface area contributed by atoms with Gasteiger partial charge in [0, 0.05) is 50.2 Å². The van der Waals surface area contributed by atoms with Crippen LogP contribution in [0.25, 0.3) is 0 Å². The van der Waals surface area contributed by atoms with Crippen LogP contribution < -0.4 is 80.3 Å². The number of hydrogen-bond donors (Lipinski definition) is 3. The third-order valence-electron chi connectivity index (χ3n) is 10.4. The minimum Gasteiger partial charge on any atom is -0.870 e. The van der Waals surface area contributed by atoms with Crippen LogP contribution in [0.3, 0.4) is 0 Å². The first-order valence-electron chi connectivity index (χ1n) is 21.9. The third kappa shape index (κ3) is 20.7. The second-order valence-corrected chi connectivity index (χ2v) is 14.6. The molecule has 0 unspecified atom stereocenters. The molecule has 3 aromatic rings. The number of carbonyl (C=O) groups is 4. The number of halogens is 6. The molecule has 3 aliphatic carbocycles. The van der Waals surface area contributed by atoms with Gasteiger partial charge in [-0.05, 0) is 108 Å². The molecular weight excluding hydrogens is 969 g/mol. The van der Waals surface area contributed by atoms with Gasteiger partial charge in [-0.15, -0.1) is 38.5 Å². The summed E-state index contributed by atoms with van der Waals surface area (Å²) in [6.45, 7) is 5.49. The summed E-state index contributed by atoms with van der Waals surface area (Å²) in [5, 5.41) is 17.6. The van der Waals surface area contributed by atoms with E-state index in [4.69, 9.17) is 61.6 Å². The number of hydrogen-bond acceptors (Lipinski definition) is 11. The van der Waals surface area contributed by atoms with Crippen molar-refractivity contribution in [3.05, 3.63) is 105 Å². The van der Waals surface area contributed by atoms with Crippen molar-refractivity contribution in [1.82, 2.24) is 15.9 Å². The van der Waals surface area contributed by atoms with Gasteiger partial charge < -0.3 is 36.3 Å². The number of Topliss-reactive ketones (excluding diaryl/α,β-unsaturated/α-hetero) is 3. The van der Waals surface area contributed by atoms with E-state index in [9.17, 15) is 14.4 Å². The summed E-state index contributed by atoms with van der Waals surface area (Å²) in [5.41, 5.74) is 7.45. The van der Waals surface area contributed by atoms with E-state index in [2.05, 4.69) is 41.6 Å². The van der Waals surface area contributed by atoms with E-state index in [1.165, 1.54) is 7.05 Å². The minimum atomic E-state index is -1.91. The van der Waals surface area contributed by atoms with E-state index in [1.807, 2.05) is 76.5 Å². The van der Waals surface area contributed by atoms with Gasteiger partial charge in [-0.1, -0.05) is 116 Å². The molecule has 3 saturated carbocycles. The maximum atomic E-state index is 12.6. The van der Waals surface area contributed by atoms with Crippen LogP contribution >= 0.6 is 71.9 Å². The molecule has 3 atom stereocenters. The Hall–Kier alpha value is -0.360. The maximum absolute atomic E-state index is 12.6. The zero-order valence-electron chi connectivity index (χ0n) is 43.2. The van der Waals surface area contributed by atoms with E-state index < -0.39 is 28.8 Å². The predicted molar refractivity (Wildman–Crippen MR) is 257 cm³/mol. The van der Waals surface area contributed by atoms with Crippen molar-refractivity contribution in [2.45, 2.75) is 115 Å². The molecule has 0 bridgehead atoms. The molecule has 64 heavy (non-hydrogen) atoms. The maximum Gasteiger partial charge on any atom is 1.00 e. The summed E-state index contributed by atoms with van der Waals surface area (Å²) in [5.74, 6) is -0.0550. The first kappa shape index (κ1) is 61.7. The Morgan fingerprint density at radius 2 is 0.984 bits per heavy atom. The number of likely N-dealkylation sites (N-methyl/N-ethyl adjacent to an activating group) is 3. The van der Waals surface area contributed by atoms with Crippen molar-refractivity contribution >= 4 is 95.7 Å². The van der Waals surface area contributed by atoms with E-state index >= 15 is 0 Å². The topological polar surface area (TPSA) is 176 Å². The Balaban J connectivity index is -0.000000188. The number of carbonyl (C=O) groups excluding carboxylic acids is 4. The predicted octanol–water partition coefficient (Wildman–Crippen LogP) is 3.90. The fraction of sp³-hybridized carbons (Fsp3) is 0.511. The van der Waals surface area contributed by atoms with Crippen LogP contribution in [-0.2, 0) is 45.4 Å². The van der Waals surface area contributed by atoms with Gasteiger partial charge in [-0.3, -0.25) is 19.2 Å². The molecule has 0 amide bonds. The standard InChI is InChI=1S/3C13H16ClNO.C4H10O.CH2O3.CH4.3ClH.2Na.H2O/c3*1-15-13(9-5-4-8-12(13)16)10-6-2-3-7-11(10)14;1-3-5-4-2;2-1-4-3;;;;;;;/h3*2-3,6-7,15H,4-5,8-9H2,1H3;3-4H2,1-2H3;1,3H;1H4;3*1H;;;1H2/q;;;;;;;;;2*+1;/p-2/t3*13-;;;;;;;;;/m000........./s1/i8D2;;;;;;;;;;;/hD4. The van der Waals surface area contributed by atoms with Gasteiger partial charge in [0.05, 0.1) is 0 Å². The molecule has 19 heteroatoms. The largest absolute Gasteiger partial charge is 1.00 e. The fourth-order valence-corrected chi connectivity index (χ4v) is 8.32. The minimum absolute atomic E-state index is 0. The van der Waals surface area contributed by atoms with Gasteiger partial charge in [0.15, 0.2) is 17.3 Å². The quantitative estimate of drug-likeness (QED) is 0.123. The number of ketones is 3. The van der Waals surface area contributed by atoms with E-state index in [0.29, 0.717) is 46.3 Å². The van der Waals surface area contributed by atoms with Gasteiger partial charge >= 0.3 is 59.1 Å². The van der Waals surface area contributed by atoms with Crippen molar-refractivity contribution in [2.24, 2.45) is 0 Å². The van der Waals surface area contributed by atoms with E-state index in [-0.39, 0.29) is 103 Å². The van der Waals surface area contributed by atoms with Gasteiger partial charge in [0.2, 0.25) is 0 Å². The Morgan fingerprint density at radius 3 is 1.25 bits per heavy atom. The van der Waals surface area contributed by atoms with Crippen LogP contribution in [0.1, 0.15) is 119 Å². The first-order valence-corrected chi connectivity index (χ1v) is 20.5. The molecule has 0 saturated heterocycles. The molecule has 6 rings (SSSR count). The monoisotopic (exact) mass is 1040 g/mol. The van der Waals surface area contributed by atoms with Crippen molar-refractivity contribution in [3.63, 3.8) is 0 Å². The SMILES string of the molecule is C.CCOCC.CN[C@]1(c2ccccc2Cl)CCCCC1=O.CN[C@]1(c2ccccc2Cl)CCCCC1=O.Cl.O=CO[O-].[2H]Cl.[2H]Cl.[2H]N(C)[C@]1(c2ccccc2Cl)CCCC([2H])([2H])C1=O.[2H][O-].[Na+].[Na+]. The fourth-order valence-electron chi connectivity index (χ4n) is 7.44. The Labute approximate surface area is 467 Å². The van der Waals surface area contributed by atoms with Gasteiger partial charge in [0.1, 0.15) is 20.4 Å². The molecular formula is C45H67Cl6N3Na2O8. The van der Waals surface area contributed by atoms with Gasteiger partial charge in [0.25, 0.3) is 6.47 Å². The molecule has 0 aromatic heterocycles. The summed E-state index contributed by atoms with van der Waals surface area (Å²) >= 11 is 26.3. The second-order valence-electron chi connectivity index (χ2n) is 13.4. The first-order chi connectivity index (χ1) is 31.6. The van der Waals surface area contributed by atoms with Crippen molar-refractivity contribution < 1.29 is 104 Å². The third-order valence-corrected chi connectivity index (χ3v) is 11.4. The van der Waals surface area contributed by atoms with Crippen LogP contribution in [0.5, 0.6) is 0 Å². The summed E-state index contributed by atoms with van der Waals surface area (Å²) in [7, 11) is 5.15. The molecule has 354 valence electrons. The van der Waals surface area contributed by atoms with Crippen molar-refractivity contribution in [3.8, 4) is 0 Å². The molecule has 3 fully saturated rings. The molecule has 0 aliphatic heterocycles. The Bertz CT molecular complexity index is 1800. The molecule has 3 aliphatic rings. The summed E-state index contributed by atoms with van der Waals surface area (Å²) in [4.78, 5) is 48.2. The number of nitrogens with one attached hydrogen (secondary N) is 3. The van der Waals surface area contributed by atoms with Crippen LogP contribution in [-0.4, -0.2) is 66.0 Å². The average Bonchev–Trinajstić information content (AvgIpc) is 3.34. The van der Waals surface area contributed by atoms with E-state index in [0.717, 1.165) is 68.2 Å². The molecule has 0 heterocycles.